The van der Waals surface area contributed by atoms with Gasteiger partial charge in [0.05, 0.1) is 13.7 Å². The number of alkyl halides is 1. The van der Waals surface area contributed by atoms with Crippen LogP contribution in [0.1, 0.15) is 24.8 Å². The summed E-state index contributed by atoms with van der Waals surface area (Å²) < 4.78 is 11.0. The third-order valence-electron chi connectivity index (χ3n) is 2.86. The molecular weight excluding hydrogens is 224 g/mol. The second-order valence-electron chi connectivity index (χ2n) is 4.20. The van der Waals surface area contributed by atoms with Gasteiger partial charge >= 0.3 is 0 Å². The molecule has 16 heavy (non-hydrogen) atoms. The molecule has 1 aliphatic carbocycles. The Balaban J connectivity index is 1.97. The molecule has 0 radical (unpaired) electrons. The molecule has 0 aromatic heterocycles. The van der Waals surface area contributed by atoms with Crippen molar-refractivity contribution in [1.29, 1.82) is 0 Å². The molecule has 0 heterocycles. The topological polar surface area (TPSA) is 18.5 Å². The number of halogens is 1. The van der Waals surface area contributed by atoms with Gasteiger partial charge in [-0.15, -0.1) is 11.6 Å². The highest BCUT2D eigenvalue weighted by molar-refractivity contribution is 6.17. The van der Waals surface area contributed by atoms with E-state index in [9.17, 15) is 0 Å². The smallest absolute Gasteiger partial charge is 0.161 e. The number of rotatable bonds is 6. The van der Waals surface area contributed by atoms with E-state index < -0.39 is 0 Å². The van der Waals surface area contributed by atoms with Gasteiger partial charge in [0.25, 0.3) is 0 Å². The van der Waals surface area contributed by atoms with E-state index in [-0.39, 0.29) is 0 Å². The first-order chi connectivity index (χ1) is 7.83. The summed E-state index contributed by atoms with van der Waals surface area (Å²) in [6, 6.07) is 5.82. The fourth-order valence-electron chi connectivity index (χ4n) is 1.66. The van der Waals surface area contributed by atoms with Gasteiger partial charge in [-0.05, 0) is 30.0 Å². The summed E-state index contributed by atoms with van der Waals surface area (Å²) in [6.07, 6.45) is 3.87. The van der Waals surface area contributed by atoms with Gasteiger partial charge in [-0.1, -0.05) is 18.9 Å². The van der Waals surface area contributed by atoms with E-state index in [0.717, 1.165) is 36.0 Å². The van der Waals surface area contributed by atoms with Crippen LogP contribution in [-0.4, -0.2) is 13.7 Å². The molecule has 0 saturated heterocycles. The zero-order valence-electron chi connectivity index (χ0n) is 9.54. The lowest BCUT2D eigenvalue weighted by Gasteiger charge is -2.11. The maximum absolute atomic E-state index is 5.79. The van der Waals surface area contributed by atoms with Gasteiger partial charge in [0.15, 0.2) is 11.5 Å². The second-order valence-corrected chi connectivity index (χ2v) is 4.47. The quantitative estimate of drug-likeness (QED) is 0.708. The van der Waals surface area contributed by atoms with E-state index in [1.807, 2.05) is 18.2 Å². The fourth-order valence-corrected chi connectivity index (χ4v) is 1.83. The molecule has 88 valence electrons. The highest BCUT2D eigenvalue weighted by Crippen LogP contribution is 2.33. The Hall–Kier alpha value is -0.890. The molecule has 3 heteroatoms. The van der Waals surface area contributed by atoms with Crippen LogP contribution in [0.4, 0.5) is 0 Å². The molecule has 0 spiro atoms. The molecule has 0 unspecified atom stereocenters. The predicted molar refractivity (Wildman–Crippen MR) is 65.4 cm³/mol. The molecule has 0 atom stereocenters. The number of ether oxygens (including phenoxy) is 2. The lowest BCUT2D eigenvalue weighted by molar-refractivity contribution is 0.283. The summed E-state index contributed by atoms with van der Waals surface area (Å²) in [6.45, 7) is 0.771. The van der Waals surface area contributed by atoms with E-state index in [4.69, 9.17) is 21.1 Å². The SMILES string of the molecule is COc1ccc(CCl)cc1OCCC1CC1. The third kappa shape index (κ3) is 3.05. The Morgan fingerprint density at radius 3 is 2.75 bits per heavy atom. The zero-order valence-corrected chi connectivity index (χ0v) is 10.3. The van der Waals surface area contributed by atoms with E-state index >= 15 is 0 Å². The average molecular weight is 241 g/mol. The summed E-state index contributed by atoms with van der Waals surface area (Å²) in [7, 11) is 1.66. The summed E-state index contributed by atoms with van der Waals surface area (Å²) in [5.74, 6) is 2.98. The average Bonchev–Trinajstić information content (AvgIpc) is 3.13. The van der Waals surface area contributed by atoms with Crippen molar-refractivity contribution in [2.45, 2.75) is 25.1 Å². The Kier molecular flexibility index (Phi) is 3.94. The number of hydrogen-bond acceptors (Lipinski definition) is 2. The second kappa shape index (κ2) is 5.44. The van der Waals surface area contributed by atoms with E-state index in [2.05, 4.69) is 0 Å². The minimum absolute atomic E-state index is 0.503. The van der Waals surface area contributed by atoms with Crippen LogP contribution in [0.2, 0.25) is 0 Å². The highest BCUT2D eigenvalue weighted by atomic mass is 35.5. The molecule has 1 aromatic rings. The Labute approximate surface area is 102 Å². The molecule has 1 saturated carbocycles. The largest absolute Gasteiger partial charge is 0.493 e. The molecule has 0 amide bonds. The Morgan fingerprint density at radius 2 is 2.12 bits per heavy atom. The molecule has 1 aromatic carbocycles. The van der Waals surface area contributed by atoms with Crippen molar-refractivity contribution in [3.05, 3.63) is 23.8 Å². The van der Waals surface area contributed by atoms with Crippen LogP contribution < -0.4 is 9.47 Å². The van der Waals surface area contributed by atoms with Gasteiger partial charge in [0.2, 0.25) is 0 Å². The van der Waals surface area contributed by atoms with Crippen LogP contribution in [0.5, 0.6) is 11.5 Å². The van der Waals surface area contributed by atoms with Crippen molar-refractivity contribution < 1.29 is 9.47 Å². The third-order valence-corrected chi connectivity index (χ3v) is 3.17. The van der Waals surface area contributed by atoms with Crippen LogP contribution >= 0.6 is 11.6 Å². The van der Waals surface area contributed by atoms with Crippen molar-refractivity contribution in [3.63, 3.8) is 0 Å². The van der Waals surface area contributed by atoms with Gasteiger partial charge in [-0.25, -0.2) is 0 Å². The van der Waals surface area contributed by atoms with Crippen LogP contribution in [0.25, 0.3) is 0 Å². The Bertz CT molecular complexity index is 348. The minimum Gasteiger partial charge on any atom is -0.493 e. The van der Waals surface area contributed by atoms with Crippen molar-refractivity contribution in [1.82, 2.24) is 0 Å². The molecule has 2 nitrogen and oxygen atoms in total. The fraction of sp³-hybridized carbons (Fsp3) is 0.538. The normalized spacial score (nSPS) is 14.9. The molecule has 0 bridgehead atoms. The first kappa shape index (κ1) is 11.6. The first-order valence-electron chi connectivity index (χ1n) is 5.69. The monoisotopic (exact) mass is 240 g/mol. The maximum atomic E-state index is 5.79. The summed E-state index contributed by atoms with van der Waals surface area (Å²) in [5, 5.41) is 0. The number of hydrogen-bond donors (Lipinski definition) is 0. The molecule has 0 N–H and O–H groups in total. The lowest BCUT2D eigenvalue weighted by atomic mass is 10.2. The Morgan fingerprint density at radius 1 is 1.31 bits per heavy atom. The van der Waals surface area contributed by atoms with Crippen molar-refractivity contribution in [3.8, 4) is 11.5 Å². The number of methoxy groups -OCH3 is 1. The molecular formula is C13H17ClO2. The van der Waals surface area contributed by atoms with Crippen molar-refractivity contribution >= 4 is 11.6 Å². The number of benzene rings is 1. The maximum Gasteiger partial charge on any atom is 0.161 e. The van der Waals surface area contributed by atoms with Crippen LogP contribution in [-0.2, 0) is 5.88 Å². The lowest BCUT2D eigenvalue weighted by Crippen LogP contribution is -2.00. The van der Waals surface area contributed by atoms with Crippen molar-refractivity contribution in [2.24, 2.45) is 5.92 Å². The summed E-state index contributed by atoms with van der Waals surface area (Å²) >= 11 is 5.79. The summed E-state index contributed by atoms with van der Waals surface area (Å²) in [4.78, 5) is 0. The van der Waals surface area contributed by atoms with Gasteiger partial charge in [-0.3, -0.25) is 0 Å². The minimum atomic E-state index is 0.503. The molecule has 2 rings (SSSR count). The van der Waals surface area contributed by atoms with Crippen LogP contribution in [0.3, 0.4) is 0 Å². The van der Waals surface area contributed by atoms with Gasteiger partial charge < -0.3 is 9.47 Å². The van der Waals surface area contributed by atoms with Gasteiger partial charge in [0.1, 0.15) is 0 Å². The van der Waals surface area contributed by atoms with Crippen LogP contribution in [0.15, 0.2) is 18.2 Å². The van der Waals surface area contributed by atoms with E-state index in [1.54, 1.807) is 7.11 Å². The zero-order chi connectivity index (χ0) is 11.4. The van der Waals surface area contributed by atoms with E-state index in [0.29, 0.717) is 5.88 Å². The van der Waals surface area contributed by atoms with E-state index in [1.165, 1.54) is 12.8 Å². The van der Waals surface area contributed by atoms with Crippen LogP contribution in [0, 0.1) is 5.92 Å². The van der Waals surface area contributed by atoms with Crippen molar-refractivity contribution in [2.75, 3.05) is 13.7 Å². The highest BCUT2D eigenvalue weighted by Gasteiger charge is 2.20. The first-order valence-corrected chi connectivity index (χ1v) is 6.22. The van der Waals surface area contributed by atoms with Gasteiger partial charge in [-0.2, -0.15) is 0 Å². The molecule has 0 aliphatic heterocycles. The molecule has 1 aliphatic rings. The van der Waals surface area contributed by atoms with Gasteiger partial charge in [0, 0.05) is 5.88 Å². The summed E-state index contributed by atoms with van der Waals surface area (Å²) in [5.41, 5.74) is 1.06. The molecule has 1 fully saturated rings. The standard InChI is InChI=1S/C13H17ClO2/c1-15-12-5-4-11(9-14)8-13(12)16-7-6-10-2-3-10/h4-5,8,10H,2-3,6-7,9H2,1H3. The predicted octanol–water partition coefficient (Wildman–Crippen LogP) is 3.61.